The van der Waals surface area contributed by atoms with Gasteiger partial charge in [-0.25, -0.2) is 0 Å². The number of halogens is 1. The largest absolute Gasteiger partial charge is 0.497 e. The molecule has 30 heavy (non-hydrogen) atoms. The number of amides is 1. The number of fused-ring (bicyclic) bond motifs is 1. The van der Waals surface area contributed by atoms with Gasteiger partial charge in [-0.15, -0.1) is 24.2 Å². The fourth-order valence-corrected chi connectivity index (χ4v) is 4.49. The molecule has 0 aliphatic carbocycles. The number of carbonyl (C=O) groups is 2. The number of ether oxygens (including phenoxy) is 2. The number of esters is 1. The van der Waals surface area contributed by atoms with Crippen molar-refractivity contribution >= 4 is 41.7 Å². The fourth-order valence-electron chi connectivity index (χ4n) is 3.17. The minimum absolute atomic E-state index is 0. The van der Waals surface area contributed by atoms with Gasteiger partial charge in [-0.2, -0.15) is 0 Å². The topological polar surface area (TPSA) is 59.1 Å². The molecule has 1 heterocycles. The minimum Gasteiger partial charge on any atom is -0.497 e. The molecule has 2 aromatic rings. The molecule has 6 nitrogen and oxygen atoms in total. The first kappa shape index (κ1) is 19.7. The Morgan fingerprint density at radius 3 is 2.53 bits per heavy atom. The number of anilines is 1. The van der Waals surface area contributed by atoms with Crippen LogP contribution < -0.4 is 9.64 Å². The summed E-state index contributed by atoms with van der Waals surface area (Å²) in [6.45, 7) is -2.03. The third-order valence-electron chi connectivity index (χ3n) is 4.64. The molecule has 0 saturated heterocycles. The highest BCUT2D eigenvalue weighted by atomic mass is 35.5. The number of likely N-dealkylation sites (N-methyl/N-ethyl adjacent to an activating group) is 1. The molecule has 1 aliphatic rings. The fraction of sp³-hybridized carbons (Fsp3) is 0.364. The van der Waals surface area contributed by atoms with E-state index in [2.05, 4.69) is 0 Å². The zero-order chi connectivity index (χ0) is 23.5. The van der Waals surface area contributed by atoms with Gasteiger partial charge in [0.1, 0.15) is 5.75 Å². The van der Waals surface area contributed by atoms with Crippen molar-refractivity contribution in [2.45, 2.75) is 23.1 Å². The maximum absolute atomic E-state index is 13.7. The van der Waals surface area contributed by atoms with Gasteiger partial charge in [0, 0.05) is 28.9 Å². The summed E-state index contributed by atoms with van der Waals surface area (Å²) in [6, 6.07) is 14.5. The summed E-state index contributed by atoms with van der Waals surface area (Å²) in [6.07, 6.45) is -1.31. The molecule has 1 amide bonds. The summed E-state index contributed by atoms with van der Waals surface area (Å²) in [5.74, 6) is -1.21. The summed E-state index contributed by atoms with van der Waals surface area (Å²) < 4.78 is 32.9. The lowest BCUT2D eigenvalue weighted by Gasteiger charge is -2.28. The van der Waals surface area contributed by atoms with Crippen LogP contribution in [0.1, 0.15) is 21.8 Å². The highest BCUT2D eigenvalue weighted by molar-refractivity contribution is 7.99. The van der Waals surface area contributed by atoms with Crippen molar-refractivity contribution in [3.63, 3.8) is 0 Å². The molecule has 0 fully saturated rings. The van der Waals surface area contributed by atoms with Crippen molar-refractivity contribution in [1.82, 2.24) is 4.90 Å². The molecule has 8 heteroatoms. The number of benzene rings is 2. The zero-order valence-corrected chi connectivity index (χ0v) is 18.7. The first-order valence-corrected chi connectivity index (χ1v) is 10.1. The maximum Gasteiger partial charge on any atom is 0.303 e. The number of hydrogen-bond donors (Lipinski definition) is 0. The highest BCUT2D eigenvalue weighted by Crippen LogP contribution is 2.46. The monoisotopic (exact) mass is 453 g/mol. The normalized spacial score (nSPS) is 20.2. The zero-order valence-electron chi connectivity index (χ0n) is 20.0. The summed E-state index contributed by atoms with van der Waals surface area (Å²) in [5.41, 5.74) is 1.42. The Labute approximate surface area is 192 Å². The van der Waals surface area contributed by atoms with Gasteiger partial charge < -0.3 is 19.3 Å². The molecule has 0 aromatic heterocycles. The van der Waals surface area contributed by atoms with E-state index in [4.69, 9.17) is 13.6 Å². The molecule has 0 saturated carbocycles. The van der Waals surface area contributed by atoms with E-state index in [1.165, 1.54) is 11.8 Å². The molecule has 2 aromatic carbocycles. The number of para-hydroxylation sites is 1. The van der Waals surface area contributed by atoms with E-state index in [0.717, 1.165) is 10.5 Å². The van der Waals surface area contributed by atoms with Crippen LogP contribution in [0.2, 0.25) is 0 Å². The molecule has 2 atom stereocenters. The Morgan fingerprint density at radius 1 is 1.20 bits per heavy atom. The Balaban J connectivity index is 0.00000385. The number of methoxy groups -OCH3 is 1. The summed E-state index contributed by atoms with van der Waals surface area (Å²) in [7, 11) is 5.35. The second-order valence-corrected chi connectivity index (χ2v) is 8.08. The van der Waals surface area contributed by atoms with Crippen LogP contribution in [0.25, 0.3) is 0 Å². The number of hydrogen-bond acceptors (Lipinski definition) is 6. The minimum atomic E-state index is -2.97. The summed E-state index contributed by atoms with van der Waals surface area (Å²) in [4.78, 5) is 30.4. The lowest BCUT2D eigenvalue weighted by atomic mass is 10.1. The molecule has 0 spiro atoms. The van der Waals surface area contributed by atoms with Gasteiger partial charge in [0.25, 0.3) is 5.91 Å². The van der Waals surface area contributed by atoms with Crippen molar-refractivity contribution in [1.29, 1.82) is 0 Å². The van der Waals surface area contributed by atoms with Gasteiger partial charge in [-0.05, 0) is 43.9 Å². The smallest absolute Gasteiger partial charge is 0.303 e. The van der Waals surface area contributed by atoms with E-state index in [9.17, 15) is 9.59 Å². The lowest BCUT2D eigenvalue weighted by Crippen LogP contribution is -2.45. The van der Waals surface area contributed by atoms with Gasteiger partial charge >= 0.3 is 5.97 Å². The molecule has 0 radical (unpaired) electrons. The van der Waals surface area contributed by atoms with Crippen LogP contribution in [0.5, 0.6) is 5.75 Å². The number of rotatable bonds is 6. The Morgan fingerprint density at radius 2 is 1.90 bits per heavy atom. The van der Waals surface area contributed by atoms with Crippen LogP contribution in [0.4, 0.5) is 5.69 Å². The molecule has 1 aliphatic heterocycles. The second kappa shape index (κ2) is 10.7. The predicted octanol–water partition coefficient (Wildman–Crippen LogP) is 3.79. The van der Waals surface area contributed by atoms with Gasteiger partial charge in [0.2, 0.25) is 0 Å². The van der Waals surface area contributed by atoms with E-state index >= 15 is 0 Å². The Kier molecular flexibility index (Phi) is 7.04. The van der Waals surface area contributed by atoms with Crippen molar-refractivity contribution in [2.75, 3.05) is 39.2 Å². The second-order valence-electron chi connectivity index (χ2n) is 6.90. The average molecular weight is 454 g/mol. The van der Waals surface area contributed by atoms with Gasteiger partial charge in [0.15, 0.2) is 6.10 Å². The third kappa shape index (κ3) is 5.47. The van der Waals surface area contributed by atoms with Crippen LogP contribution in [0.15, 0.2) is 53.4 Å². The van der Waals surface area contributed by atoms with Gasteiger partial charge in [0.05, 0.1) is 18.0 Å². The molecule has 3 rings (SSSR count). The molecule has 0 bridgehead atoms. The maximum atomic E-state index is 13.7. The molecular formula is C22H27ClN2O4S. The summed E-state index contributed by atoms with van der Waals surface area (Å²) >= 11 is 1.37. The third-order valence-corrected chi connectivity index (χ3v) is 6.02. The van der Waals surface area contributed by atoms with Crippen LogP contribution >= 0.6 is 24.2 Å². The van der Waals surface area contributed by atoms with Gasteiger partial charge in [-0.1, -0.05) is 24.3 Å². The molecule has 0 unspecified atom stereocenters. The highest BCUT2D eigenvalue weighted by Gasteiger charge is 2.40. The number of thioether (sulfide) groups is 1. The van der Waals surface area contributed by atoms with E-state index in [0.29, 0.717) is 24.5 Å². The van der Waals surface area contributed by atoms with E-state index < -0.39 is 30.1 Å². The van der Waals surface area contributed by atoms with Crippen molar-refractivity contribution in [3.8, 4) is 5.75 Å². The SMILES string of the molecule is Cl.[2H]C([2H])([2H])C(=O)O[C@H]1C(=O)N(CCN(C)C)c2ccccc2S[C@H]1c1ccc(OC)cc1. The number of nitrogens with zero attached hydrogens (tertiary/aromatic N) is 2. The van der Waals surface area contributed by atoms with Crippen LogP contribution in [-0.4, -0.2) is 57.2 Å². The van der Waals surface area contributed by atoms with E-state index in [1.807, 2.05) is 43.3 Å². The van der Waals surface area contributed by atoms with Crippen LogP contribution in [0.3, 0.4) is 0 Å². The summed E-state index contributed by atoms with van der Waals surface area (Å²) in [5, 5.41) is -0.634. The van der Waals surface area contributed by atoms with Crippen molar-refractivity contribution in [3.05, 3.63) is 54.1 Å². The quantitative estimate of drug-likeness (QED) is 0.620. The van der Waals surface area contributed by atoms with Gasteiger partial charge in [-0.3, -0.25) is 9.59 Å². The first-order chi connectivity index (χ1) is 15.1. The average Bonchev–Trinajstić information content (AvgIpc) is 2.86. The van der Waals surface area contributed by atoms with E-state index in [1.54, 1.807) is 36.3 Å². The van der Waals surface area contributed by atoms with Crippen molar-refractivity contribution < 1.29 is 23.2 Å². The van der Waals surface area contributed by atoms with Crippen LogP contribution in [0, 0.1) is 0 Å². The first-order valence-electron chi connectivity index (χ1n) is 10.7. The van der Waals surface area contributed by atoms with E-state index in [-0.39, 0.29) is 12.4 Å². The molecule has 162 valence electrons. The lowest BCUT2D eigenvalue weighted by molar-refractivity contribution is -0.152. The molecular weight excluding hydrogens is 424 g/mol. The Bertz CT molecular complexity index is 973. The van der Waals surface area contributed by atoms with Crippen molar-refractivity contribution in [2.24, 2.45) is 0 Å². The number of carbonyl (C=O) groups excluding carboxylic acids is 2. The Hall–Kier alpha value is -2.22. The predicted molar refractivity (Wildman–Crippen MR) is 122 cm³/mol. The standard InChI is InChI=1S/C22H26N2O4S.ClH/c1-15(25)28-20-21(16-9-11-17(27-4)12-10-16)29-19-8-6-5-7-18(19)24(22(20)26)14-13-23(2)3;/h5-12,20-21H,13-14H2,1-4H3;1H/t20-,21+;/m1./s1/i1D3;. The van der Waals surface area contributed by atoms with Crippen LogP contribution in [-0.2, 0) is 14.3 Å². The molecule has 0 N–H and O–H groups in total.